The number of nitrogens with one attached hydrogen (secondary N) is 1. The normalized spacial score (nSPS) is 22.2. The maximum Gasteiger partial charge on any atom is 0.230 e. The van der Waals surface area contributed by atoms with Crippen LogP contribution >= 0.6 is 0 Å². The summed E-state index contributed by atoms with van der Waals surface area (Å²) in [6.45, 7) is 2.40. The molecule has 0 aromatic carbocycles. The van der Waals surface area contributed by atoms with Gasteiger partial charge in [-0.2, -0.15) is 0 Å². The number of aryl methyl sites for hydroxylation is 1. The molecular weight excluding hydrogens is 222 g/mol. The first-order chi connectivity index (χ1) is 8.00. The van der Waals surface area contributed by atoms with Crippen molar-refractivity contribution < 1.29 is 9.72 Å². The Balaban J connectivity index is 1.85. The fourth-order valence-corrected chi connectivity index (χ4v) is 1.85. The maximum atomic E-state index is 11.6. The minimum Gasteiger partial charge on any atom is -0.350 e. The van der Waals surface area contributed by atoms with E-state index in [1.54, 1.807) is 0 Å². The first kappa shape index (κ1) is 11.6. The van der Waals surface area contributed by atoms with Crippen LogP contribution in [-0.4, -0.2) is 21.4 Å². The largest absolute Gasteiger partial charge is 0.350 e. The van der Waals surface area contributed by atoms with Crippen molar-refractivity contribution in [2.24, 2.45) is 13.0 Å². The van der Waals surface area contributed by atoms with E-state index in [1.807, 2.05) is 30.7 Å². The van der Waals surface area contributed by atoms with Gasteiger partial charge in [-0.3, -0.25) is 14.9 Å². The van der Waals surface area contributed by atoms with E-state index >= 15 is 0 Å². The van der Waals surface area contributed by atoms with E-state index in [0.29, 0.717) is 13.0 Å². The van der Waals surface area contributed by atoms with Gasteiger partial charge in [0.05, 0.1) is 6.54 Å². The lowest BCUT2D eigenvalue weighted by molar-refractivity contribution is -0.497. The second-order valence-corrected chi connectivity index (χ2v) is 4.44. The third-order valence-electron chi connectivity index (χ3n) is 3.28. The number of amides is 1. The molecule has 92 valence electrons. The summed E-state index contributed by atoms with van der Waals surface area (Å²) < 4.78 is 1.98. The minimum absolute atomic E-state index is 0.217. The summed E-state index contributed by atoms with van der Waals surface area (Å²) >= 11 is 0. The highest BCUT2D eigenvalue weighted by Crippen LogP contribution is 2.33. The van der Waals surface area contributed by atoms with Gasteiger partial charge in [-0.15, -0.1) is 0 Å². The van der Waals surface area contributed by atoms with Crippen LogP contribution in [-0.2, 0) is 18.4 Å². The first-order valence-corrected chi connectivity index (χ1v) is 5.53. The number of carbonyl (C=O) groups is 1. The summed E-state index contributed by atoms with van der Waals surface area (Å²) in [6.07, 6.45) is 0.366. The number of hydrogen-bond donors (Lipinski definition) is 1. The Morgan fingerprint density at radius 1 is 1.65 bits per heavy atom. The van der Waals surface area contributed by atoms with Gasteiger partial charge < -0.3 is 9.88 Å². The molecule has 1 amide bonds. The Morgan fingerprint density at radius 2 is 2.35 bits per heavy atom. The summed E-state index contributed by atoms with van der Waals surface area (Å²) in [6, 6.07) is 3.23. The van der Waals surface area contributed by atoms with Crippen LogP contribution < -0.4 is 5.32 Å². The molecule has 0 unspecified atom stereocenters. The molecular formula is C11H15N3O3. The predicted molar refractivity (Wildman–Crippen MR) is 60.9 cm³/mol. The molecule has 1 heterocycles. The van der Waals surface area contributed by atoms with E-state index in [1.165, 1.54) is 0 Å². The smallest absolute Gasteiger partial charge is 0.230 e. The Labute approximate surface area is 98.8 Å². The highest BCUT2D eigenvalue weighted by molar-refractivity contribution is 5.81. The predicted octanol–water partition coefficient (Wildman–Crippen LogP) is 0.615. The molecule has 2 rings (SSSR count). The van der Waals surface area contributed by atoms with Crippen LogP contribution in [0.1, 0.15) is 17.8 Å². The Hall–Kier alpha value is -1.85. The van der Waals surface area contributed by atoms with Crippen LogP contribution in [0.4, 0.5) is 0 Å². The van der Waals surface area contributed by atoms with Crippen molar-refractivity contribution in [3.63, 3.8) is 0 Å². The first-order valence-electron chi connectivity index (χ1n) is 5.53. The van der Waals surface area contributed by atoms with Crippen LogP contribution in [0, 0.1) is 23.0 Å². The van der Waals surface area contributed by atoms with E-state index in [0.717, 1.165) is 11.4 Å². The molecule has 1 aliphatic rings. The summed E-state index contributed by atoms with van der Waals surface area (Å²) in [4.78, 5) is 21.6. The van der Waals surface area contributed by atoms with Gasteiger partial charge in [0.15, 0.2) is 0 Å². The van der Waals surface area contributed by atoms with Gasteiger partial charge in [0.1, 0.15) is 5.92 Å². The monoisotopic (exact) mass is 237 g/mol. The van der Waals surface area contributed by atoms with Crippen LogP contribution in [0.15, 0.2) is 12.1 Å². The SMILES string of the molecule is Cc1ccc(CNC(=O)[C@@H]2C[C@H]2[N+](=O)[O-])n1C. The van der Waals surface area contributed by atoms with Gasteiger partial charge in [-0.25, -0.2) is 0 Å². The number of nitrogens with zero attached hydrogens (tertiary/aromatic N) is 2. The van der Waals surface area contributed by atoms with Gasteiger partial charge in [0.25, 0.3) is 0 Å². The van der Waals surface area contributed by atoms with Crippen molar-refractivity contribution in [2.45, 2.75) is 25.9 Å². The summed E-state index contributed by atoms with van der Waals surface area (Å²) in [5.74, 6) is -0.656. The average Bonchev–Trinajstić information content (AvgIpc) is 3.02. The average molecular weight is 237 g/mol. The minimum atomic E-state index is -0.676. The van der Waals surface area contributed by atoms with Crippen molar-refractivity contribution in [1.29, 1.82) is 0 Å². The molecule has 0 spiro atoms. The van der Waals surface area contributed by atoms with Crippen LogP contribution in [0.5, 0.6) is 0 Å². The molecule has 1 saturated carbocycles. The Bertz CT molecular complexity index is 467. The molecule has 1 fully saturated rings. The molecule has 2 atom stereocenters. The van der Waals surface area contributed by atoms with Gasteiger partial charge in [0, 0.05) is 29.8 Å². The van der Waals surface area contributed by atoms with E-state index in [4.69, 9.17) is 0 Å². The molecule has 0 bridgehead atoms. The van der Waals surface area contributed by atoms with Gasteiger partial charge in [-0.05, 0) is 19.1 Å². The molecule has 1 aliphatic carbocycles. The fourth-order valence-electron chi connectivity index (χ4n) is 1.85. The Morgan fingerprint density at radius 3 is 2.82 bits per heavy atom. The Kier molecular flexibility index (Phi) is 2.87. The fraction of sp³-hybridized carbons (Fsp3) is 0.545. The van der Waals surface area contributed by atoms with E-state index in [-0.39, 0.29) is 10.8 Å². The quantitative estimate of drug-likeness (QED) is 0.615. The zero-order valence-electron chi connectivity index (χ0n) is 9.84. The van der Waals surface area contributed by atoms with Crippen molar-refractivity contribution in [3.05, 3.63) is 33.6 Å². The summed E-state index contributed by atoms with van der Waals surface area (Å²) in [5.41, 5.74) is 2.11. The topological polar surface area (TPSA) is 77.2 Å². The molecule has 6 heteroatoms. The summed E-state index contributed by atoms with van der Waals surface area (Å²) in [7, 11) is 1.92. The van der Waals surface area contributed by atoms with E-state index in [9.17, 15) is 14.9 Å². The number of nitro groups is 1. The molecule has 0 aliphatic heterocycles. The van der Waals surface area contributed by atoms with Crippen LogP contribution in [0.3, 0.4) is 0 Å². The zero-order valence-corrected chi connectivity index (χ0v) is 9.84. The highest BCUT2D eigenvalue weighted by Gasteiger charge is 2.53. The second kappa shape index (κ2) is 4.20. The molecule has 0 saturated heterocycles. The lowest BCUT2D eigenvalue weighted by atomic mass is 10.3. The van der Waals surface area contributed by atoms with Crippen molar-refractivity contribution in [1.82, 2.24) is 9.88 Å². The summed E-state index contributed by atoms with van der Waals surface area (Å²) in [5, 5.41) is 13.2. The lowest BCUT2D eigenvalue weighted by Gasteiger charge is -2.06. The molecule has 1 aromatic heterocycles. The molecule has 1 N–H and O–H groups in total. The van der Waals surface area contributed by atoms with Crippen molar-refractivity contribution >= 4 is 5.91 Å². The maximum absolute atomic E-state index is 11.6. The number of hydrogen-bond acceptors (Lipinski definition) is 3. The lowest BCUT2D eigenvalue weighted by Crippen LogP contribution is -2.27. The van der Waals surface area contributed by atoms with Gasteiger partial charge in [-0.1, -0.05) is 0 Å². The molecule has 1 aromatic rings. The highest BCUT2D eigenvalue weighted by atomic mass is 16.6. The van der Waals surface area contributed by atoms with Gasteiger partial charge >= 0.3 is 0 Å². The standard InChI is InChI=1S/C11H15N3O3/c1-7-3-4-8(13(7)2)6-12-11(15)9-5-10(9)14(16)17/h3-4,9-10H,5-6H2,1-2H3,(H,12,15)/t9-,10-/m1/s1. The van der Waals surface area contributed by atoms with Gasteiger partial charge in [0.2, 0.25) is 11.9 Å². The molecule has 0 radical (unpaired) electrons. The van der Waals surface area contributed by atoms with E-state index < -0.39 is 12.0 Å². The van der Waals surface area contributed by atoms with E-state index in [2.05, 4.69) is 5.32 Å². The van der Waals surface area contributed by atoms with Crippen molar-refractivity contribution in [3.8, 4) is 0 Å². The number of aromatic nitrogens is 1. The third kappa shape index (κ3) is 2.30. The molecule has 6 nitrogen and oxygen atoms in total. The van der Waals surface area contributed by atoms with Crippen LogP contribution in [0.25, 0.3) is 0 Å². The van der Waals surface area contributed by atoms with Crippen LogP contribution in [0.2, 0.25) is 0 Å². The zero-order chi connectivity index (χ0) is 12.6. The number of carbonyl (C=O) groups excluding carboxylic acids is 1. The second-order valence-electron chi connectivity index (χ2n) is 4.44. The number of rotatable bonds is 4. The van der Waals surface area contributed by atoms with Crippen molar-refractivity contribution in [2.75, 3.05) is 0 Å². The molecule has 17 heavy (non-hydrogen) atoms. The third-order valence-corrected chi connectivity index (χ3v) is 3.28.